The molecule has 0 aromatic heterocycles. The van der Waals surface area contributed by atoms with Crippen molar-refractivity contribution < 1.29 is 9.59 Å². The highest BCUT2D eigenvalue weighted by atomic mass is 16.2. The minimum atomic E-state index is -0.558. The van der Waals surface area contributed by atoms with Crippen LogP contribution in [-0.2, 0) is 9.59 Å². The molecule has 0 bridgehead atoms. The largest absolute Gasteiger partial charge is 0.368 e. The van der Waals surface area contributed by atoms with Crippen LogP contribution in [0.25, 0.3) is 6.08 Å². The summed E-state index contributed by atoms with van der Waals surface area (Å²) in [6.45, 7) is 1.83. The van der Waals surface area contributed by atoms with E-state index in [2.05, 4.69) is 5.32 Å². The predicted molar refractivity (Wildman–Crippen MR) is 62.4 cm³/mol. The summed E-state index contributed by atoms with van der Waals surface area (Å²) in [4.78, 5) is 21.6. The molecule has 0 spiro atoms. The normalized spacial score (nSPS) is 10.3. The molecule has 4 heteroatoms. The highest BCUT2D eigenvalue weighted by Crippen LogP contribution is 2.05. The molecule has 2 amide bonds. The number of nitrogens with one attached hydrogen (secondary N) is 1. The Morgan fingerprint density at radius 1 is 1.44 bits per heavy atom. The predicted octanol–water partition coefficient (Wildman–Crippen LogP) is 0.610. The van der Waals surface area contributed by atoms with Crippen molar-refractivity contribution in [3.8, 4) is 0 Å². The van der Waals surface area contributed by atoms with E-state index in [1.165, 1.54) is 6.08 Å². The van der Waals surface area contributed by atoms with Crippen molar-refractivity contribution in [2.75, 3.05) is 6.54 Å². The molecule has 0 aliphatic carbocycles. The van der Waals surface area contributed by atoms with Crippen LogP contribution in [-0.4, -0.2) is 18.4 Å². The van der Waals surface area contributed by atoms with Crippen molar-refractivity contribution in [1.82, 2.24) is 5.32 Å². The fraction of sp³-hybridized carbons (Fsp3) is 0.167. The van der Waals surface area contributed by atoms with Gasteiger partial charge in [0.15, 0.2) is 0 Å². The van der Waals surface area contributed by atoms with Crippen molar-refractivity contribution in [3.63, 3.8) is 0 Å². The van der Waals surface area contributed by atoms with Crippen molar-refractivity contribution >= 4 is 17.9 Å². The number of aryl methyl sites for hydroxylation is 1. The Morgan fingerprint density at radius 2 is 2.19 bits per heavy atom. The van der Waals surface area contributed by atoms with Crippen molar-refractivity contribution in [2.45, 2.75) is 6.92 Å². The minimum absolute atomic E-state index is 0.142. The van der Waals surface area contributed by atoms with Crippen molar-refractivity contribution in [1.29, 1.82) is 0 Å². The third-order valence-corrected chi connectivity index (χ3v) is 1.91. The molecule has 0 radical (unpaired) electrons. The summed E-state index contributed by atoms with van der Waals surface area (Å²) in [6, 6.07) is 7.74. The van der Waals surface area contributed by atoms with Gasteiger partial charge in [-0.25, -0.2) is 0 Å². The van der Waals surface area contributed by atoms with Crippen molar-refractivity contribution in [2.24, 2.45) is 5.73 Å². The number of carbonyl (C=O) groups excluding carboxylic acids is 2. The zero-order valence-corrected chi connectivity index (χ0v) is 9.07. The Kier molecular flexibility index (Phi) is 4.27. The number of hydrogen-bond donors (Lipinski definition) is 2. The van der Waals surface area contributed by atoms with Crippen LogP contribution in [0.3, 0.4) is 0 Å². The second kappa shape index (κ2) is 5.70. The molecule has 1 aromatic carbocycles. The first-order valence-corrected chi connectivity index (χ1v) is 4.89. The van der Waals surface area contributed by atoms with Gasteiger partial charge in [-0.15, -0.1) is 0 Å². The van der Waals surface area contributed by atoms with Gasteiger partial charge < -0.3 is 11.1 Å². The van der Waals surface area contributed by atoms with Crippen LogP contribution in [0.2, 0.25) is 0 Å². The van der Waals surface area contributed by atoms with Gasteiger partial charge in [-0.1, -0.05) is 29.8 Å². The first kappa shape index (κ1) is 12.0. The van der Waals surface area contributed by atoms with E-state index in [0.717, 1.165) is 11.1 Å². The van der Waals surface area contributed by atoms with Crippen LogP contribution < -0.4 is 11.1 Å². The van der Waals surface area contributed by atoms with Gasteiger partial charge >= 0.3 is 0 Å². The van der Waals surface area contributed by atoms with E-state index in [1.54, 1.807) is 6.08 Å². The summed E-state index contributed by atoms with van der Waals surface area (Å²) in [5.41, 5.74) is 6.95. The standard InChI is InChI=1S/C12H14N2O2/c1-9-3-2-4-10(7-9)5-6-12(16)14-8-11(13)15/h2-7H,8H2,1H3,(H2,13,15)(H,14,16)/b6-5+. The molecule has 84 valence electrons. The second-order valence-corrected chi connectivity index (χ2v) is 3.43. The van der Waals surface area contributed by atoms with E-state index in [-0.39, 0.29) is 12.5 Å². The topological polar surface area (TPSA) is 72.2 Å². The van der Waals surface area contributed by atoms with E-state index in [4.69, 9.17) is 5.73 Å². The van der Waals surface area contributed by atoms with E-state index in [9.17, 15) is 9.59 Å². The molecule has 0 aliphatic rings. The van der Waals surface area contributed by atoms with Gasteiger partial charge in [0.25, 0.3) is 0 Å². The van der Waals surface area contributed by atoms with E-state index < -0.39 is 5.91 Å². The number of hydrogen-bond acceptors (Lipinski definition) is 2. The molecule has 0 unspecified atom stereocenters. The smallest absolute Gasteiger partial charge is 0.244 e. The van der Waals surface area contributed by atoms with Crippen LogP contribution in [0.1, 0.15) is 11.1 Å². The third-order valence-electron chi connectivity index (χ3n) is 1.91. The molecule has 0 fully saturated rings. The molecule has 0 saturated heterocycles. The van der Waals surface area contributed by atoms with Gasteiger partial charge in [-0.2, -0.15) is 0 Å². The Labute approximate surface area is 94.1 Å². The first-order valence-electron chi connectivity index (χ1n) is 4.89. The second-order valence-electron chi connectivity index (χ2n) is 3.43. The maximum atomic E-state index is 11.2. The number of nitrogens with two attached hydrogens (primary N) is 1. The zero-order valence-electron chi connectivity index (χ0n) is 9.07. The molecule has 3 N–H and O–H groups in total. The third kappa shape index (κ3) is 4.41. The summed E-state index contributed by atoms with van der Waals surface area (Å²) in [6.07, 6.45) is 3.06. The maximum Gasteiger partial charge on any atom is 0.244 e. The Balaban J connectivity index is 2.53. The van der Waals surface area contributed by atoms with Crippen LogP contribution in [0.4, 0.5) is 0 Å². The Morgan fingerprint density at radius 3 is 2.81 bits per heavy atom. The number of benzene rings is 1. The lowest BCUT2D eigenvalue weighted by molar-refractivity contribution is -0.122. The van der Waals surface area contributed by atoms with Gasteiger partial charge in [-0.05, 0) is 18.6 Å². The van der Waals surface area contributed by atoms with Crippen LogP contribution in [0.15, 0.2) is 30.3 Å². The highest BCUT2D eigenvalue weighted by molar-refractivity contribution is 5.94. The van der Waals surface area contributed by atoms with Crippen LogP contribution >= 0.6 is 0 Å². The van der Waals surface area contributed by atoms with Gasteiger partial charge in [0.1, 0.15) is 0 Å². The fourth-order valence-electron chi connectivity index (χ4n) is 1.18. The van der Waals surface area contributed by atoms with E-state index >= 15 is 0 Å². The summed E-state index contributed by atoms with van der Waals surface area (Å²) in [5.74, 6) is -0.891. The molecular formula is C12H14N2O2. The van der Waals surface area contributed by atoms with Crippen molar-refractivity contribution in [3.05, 3.63) is 41.5 Å². The summed E-state index contributed by atoms with van der Waals surface area (Å²) < 4.78 is 0. The summed E-state index contributed by atoms with van der Waals surface area (Å²) in [5, 5.41) is 2.37. The maximum absolute atomic E-state index is 11.2. The van der Waals surface area contributed by atoms with Gasteiger partial charge in [-0.3, -0.25) is 9.59 Å². The van der Waals surface area contributed by atoms with E-state index in [0.29, 0.717) is 0 Å². The average Bonchev–Trinajstić information content (AvgIpc) is 2.23. The average molecular weight is 218 g/mol. The monoisotopic (exact) mass is 218 g/mol. The highest BCUT2D eigenvalue weighted by Gasteiger charge is 1.97. The lowest BCUT2D eigenvalue weighted by atomic mass is 10.1. The Bertz CT molecular complexity index is 425. The van der Waals surface area contributed by atoms with Gasteiger partial charge in [0, 0.05) is 6.08 Å². The molecular weight excluding hydrogens is 204 g/mol. The minimum Gasteiger partial charge on any atom is -0.368 e. The molecule has 0 saturated carbocycles. The number of primary amides is 1. The van der Waals surface area contributed by atoms with Crippen LogP contribution in [0.5, 0.6) is 0 Å². The lowest BCUT2D eigenvalue weighted by Gasteiger charge is -1.98. The molecule has 0 heterocycles. The van der Waals surface area contributed by atoms with Gasteiger partial charge in [0.05, 0.1) is 6.54 Å². The molecule has 0 aliphatic heterocycles. The number of rotatable bonds is 4. The molecule has 4 nitrogen and oxygen atoms in total. The zero-order chi connectivity index (χ0) is 12.0. The Hall–Kier alpha value is -2.10. The number of carbonyl (C=O) groups is 2. The molecule has 1 aromatic rings. The van der Waals surface area contributed by atoms with Crippen LogP contribution in [0, 0.1) is 6.92 Å². The quantitative estimate of drug-likeness (QED) is 0.727. The SMILES string of the molecule is Cc1cccc(/C=C/C(=O)NCC(N)=O)c1. The van der Waals surface area contributed by atoms with Gasteiger partial charge in [0.2, 0.25) is 11.8 Å². The lowest BCUT2D eigenvalue weighted by Crippen LogP contribution is -2.32. The van der Waals surface area contributed by atoms with E-state index in [1.807, 2.05) is 31.2 Å². The number of amides is 2. The molecule has 1 rings (SSSR count). The first-order chi connectivity index (χ1) is 7.58. The molecule has 0 atom stereocenters. The fourth-order valence-corrected chi connectivity index (χ4v) is 1.18. The summed E-state index contributed by atoms with van der Waals surface area (Å²) in [7, 11) is 0. The molecule has 16 heavy (non-hydrogen) atoms. The summed E-state index contributed by atoms with van der Waals surface area (Å²) >= 11 is 0.